The lowest BCUT2D eigenvalue weighted by atomic mass is 10.2. The van der Waals surface area contributed by atoms with E-state index in [0.717, 1.165) is 6.42 Å². The van der Waals surface area contributed by atoms with Crippen molar-refractivity contribution in [2.45, 2.75) is 32.7 Å². The predicted molar refractivity (Wildman–Crippen MR) is 82.2 cm³/mol. The second kappa shape index (κ2) is 5.61. The Morgan fingerprint density at radius 1 is 1.45 bits per heavy atom. The van der Waals surface area contributed by atoms with Crippen molar-refractivity contribution in [1.82, 2.24) is 5.32 Å². The number of carbonyl (C=O) groups is 2. The number of carboxylic acid groups (broad SMARTS) is 1. The Morgan fingerprint density at radius 3 is 2.82 bits per heavy atom. The summed E-state index contributed by atoms with van der Waals surface area (Å²) in [6.45, 7) is 3.89. The molecule has 1 fully saturated rings. The molecule has 2 N–H and O–H groups in total. The van der Waals surface area contributed by atoms with Gasteiger partial charge in [-0.2, -0.15) is 0 Å². The second-order valence-corrected chi connectivity index (χ2v) is 6.57. The maximum absolute atomic E-state index is 12.2. The molecule has 116 valence electrons. The third kappa shape index (κ3) is 2.78. The minimum atomic E-state index is -1.02. The molecule has 5 nitrogen and oxygen atoms in total. The predicted octanol–water partition coefficient (Wildman–Crippen LogP) is 3.08. The van der Waals surface area contributed by atoms with E-state index in [0.29, 0.717) is 17.4 Å². The SMILES string of the molecule is Cc1ccsc1[C@@H]1C[C@@H]1C(=O)NCc1cc(C(=O)O)c(C)o1. The molecule has 22 heavy (non-hydrogen) atoms. The van der Waals surface area contributed by atoms with Crippen molar-refractivity contribution in [2.24, 2.45) is 5.92 Å². The van der Waals surface area contributed by atoms with E-state index in [1.165, 1.54) is 16.5 Å². The highest BCUT2D eigenvalue weighted by atomic mass is 32.1. The lowest BCUT2D eigenvalue weighted by Crippen LogP contribution is -2.24. The van der Waals surface area contributed by atoms with Gasteiger partial charge in [0.05, 0.1) is 6.54 Å². The van der Waals surface area contributed by atoms with Crippen molar-refractivity contribution in [1.29, 1.82) is 0 Å². The van der Waals surface area contributed by atoms with Gasteiger partial charge in [-0.05, 0) is 43.3 Å². The highest BCUT2D eigenvalue weighted by Crippen LogP contribution is 2.50. The standard InChI is InChI=1S/C16H17NO4S/c1-8-3-4-22-14(8)12-6-13(12)15(18)17-7-10-5-11(16(19)20)9(2)21-10/h3-5,12-13H,6-7H2,1-2H3,(H,17,18)(H,19,20)/t12-,13+/m1/s1. The van der Waals surface area contributed by atoms with E-state index < -0.39 is 5.97 Å². The molecule has 0 spiro atoms. The Morgan fingerprint density at radius 2 is 2.23 bits per heavy atom. The van der Waals surface area contributed by atoms with Crippen LogP contribution in [0.3, 0.4) is 0 Å². The zero-order valence-electron chi connectivity index (χ0n) is 12.4. The number of aryl methyl sites for hydroxylation is 2. The van der Waals surface area contributed by atoms with Crippen LogP contribution in [0.4, 0.5) is 0 Å². The first-order chi connectivity index (χ1) is 10.5. The van der Waals surface area contributed by atoms with Gasteiger partial charge >= 0.3 is 5.97 Å². The van der Waals surface area contributed by atoms with Gasteiger partial charge in [0.25, 0.3) is 0 Å². The minimum Gasteiger partial charge on any atom is -0.478 e. The Kier molecular flexibility index (Phi) is 3.78. The maximum atomic E-state index is 12.2. The van der Waals surface area contributed by atoms with Gasteiger partial charge in [-0.1, -0.05) is 0 Å². The van der Waals surface area contributed by atoms with Gasteiger partial charge in [0.2, 0.25) is 5.91 Å². The molecule has 1 aliphatic rings. The number of carboxylic acids is 1. The summed E-state index contributed by atoms with van der Waals surface area (Å²) in [5, 5.41) is 13.9. The first-order valence-corrected chi connectivity index (χ1v) is 7.99. The monoisotopic (exact) mass is 319 g/mol. The van der Waals surface area contributed by atoms with Crippen molar-refractivity contribution in [3.8, 4) is 0 Å². The molecule has 0 unspecified atom stereocenters. The summed E-state index contributed by atoms with van der Waals surface area (Å²) in [4.78, 5) is 24.4. The molecule has 2 aromatic rings. The largest absolute Gasteiger partial charge is 0.478 e. The molecule has 0 saturated heterocycles. The zero-order chi connectivity index (χ0) is 15.9. The Labute approximate surface area is 132 Å². The summed E-state index contributed by atoms with van der Waals surface area (Å²) < 4.78 is 5.35. The second-order valence-electron chi connectivity index (χ2n) is 5.62. The average molecular weight is 319 g/mol. The average Bonchev–Trinajstić information content (AvgIpc) is 2.99. The van der Waals surface area contributed by atoms with Crippen LogP contribution >= 0.6 is 11.3 Å². The highest BCUT2D eigenvalue weighted by molar-refractivity contribution is 7.10. The molecule has 2 aromatic heterocycles. The molecule has 0 bridgehead atoms. The van der Waals surface area contributed by atoms with E-state index in [9.17, 15) is 9.59 Å². The first-order valence-electron chi connectivity index (χ1n) is 7.11. The molecule has 3 rings (SSSR count). The van der Waals surface area contributed by atoms with E-state index in [4.69, 9.17) is 9.52 Å². The molecular weight excluding hydrogens is 302 g/mol. The number of hydrogen-bond donors (Lipinski definition) is 2. The molecular formula is C16H17NO4S. The van der Waals surface area contributed by atoms with Gasteiger partial charge in [-0.3, -0.25) is 4.79 Å². The van der Waals surface area contributed by atoms with Crippen molar-refractivity contribution in [3.63, 3.8) is 0 Å². The molecule has 0 radical (unpaired) electrons. The van der Waals surface area contributed by atoms with Crippen LogP contribution in [0.15, 0.2) is 21.9 Å². The van der Waals surface area contributed by atoms with Crippen LogP contribution in [0.25, 0.3) is 0 Å². The van der Waals surface area contributed by atoms with E-state index in [-0.39, 0.29) is 23.9 Å². The van der Waals surface area contributed by atoms with Gasteiger partial charge in [0.15, 0.2) is 0 Å². The van der Waals surface area contributed by atoms with Gasteiger partial charge in [0, 0.05) is 16.7 Å². The summed E-state index contributed by atoms with van der Waals surface area (Å²) in [6.07, 6.45) is 0.880. The van der Waals surface area contributed by atoms with Crippen LogP contribution in [0.5, 0.6) is 0 Å². The molecule has 0 aromatic carbocycles. The third-order valence-electron chi connectivity index (χ3n) is 4.00. The molecule has 1 amide bonds. The first kappa shape index (κ1) is 14.8. The fourth-order valence-corrected chi connectivity index (χ4v) is 3.80. The Hall–Kier alpha value is -2.08. The normalized spacial score (nSPS) is 19.9. The van der Waals surface area contributed by atoms with Crippen LogP contribution in [0, 0.1) is 19.8 Å². The number of amides is 1. The van der Waals surface area contributed by atoms with Gasteiger partial charge < -0.3 is 14.8 Å². The molecule has 0 aliphatic heterocycles. The van der Waals surface area contributed by atoms with Crippen molar-refractivity contribution in [2.75, 3.05) is 0 Å². The van der Waals surface area contributed by atoms with Gasteiger partial charge in [-0.25, -0.2) is 4.79 Å². The number of carbonyl (C=O) groups excluding carboxylic acids is 1. The van der Waals surface area contributed by atoms with E-state index in [1.54, 1.807) is 18.3 Å². The highest BCUT2D eigenvalue weighted by Gasteiger charge is 2.45. The van der Waals surface area contributed by atoms with Gasteiger partial charge in [-0.15, -0.1) is 11.3 Å². The van der Waals surface area contributed by atoms with Crippen LogP contribution in [0.1, 0.15) is 44.7 Å². The van der Waals surface area contributed by atoms with E-state index in [2.05, 4.69) is 23.7 Å². The fourth-order valence-electron chi connectivity index (χ4n) is 2.69. The Bertz CT molecular complexity index is 730. The smallest absolute Gasteiger partial charge is 0.339 e. The fraction of sp³-hybridized carbons (Fsp3) is 0.375. The summed E-state index contributed by atoms with van der Waals surface area (Å²) in [5.74, 6) is 0.154. The summed E-state index contributed by atoms with van der Waals surface area (Å²) in [7, 11) is 0. The molecule has 2 heterocycles. The van der Waals surface area contributed by atoms with Crippen LogP contribution in [-0.2, 0) is 11.3 Å². The van der Waals surface area contributed by atoms with Crippen molar-refractivity contribution in [3.05, 3.63) is 45.0 Å². The summed E-state index contributed by atoms with van der Waals surface area (Å²) >= 11 is 1.70. The van der Waals surface area contributed by atoms with Gasteiger partial charge in [0.1, 0.15) is 17.1 Å². The number of nitrogens with one attached hydrogen (secondary N) is 1. The number of furan rings is 1. The minimum absolute atomic E-state index is 0.00345. The van der Waals surface area contributed by atoms with E-state index in [1.807, 2.05) is 0 Å². The molecule has 2 atom stereocenters. The zero-order valence-corrected chi connectivity index (χ0v) is 13.2. The third-order valence-corrected chi connectivity index (χ3v) is 5.15. The molecule has 1 aliphatic carbocycles. The summed E-state index contributed by atoms with van der Waals surface area (Å²) in [6, 6.07) is 3.54. The number of thiophene rings is 1. The lowest BCUT2D eigenvalue weighted by molar-refractivity contribution is -0.122. The quantitative estimate of drug-likeness (QED) is 0.887. The number of aromatic carboxylic acids is 1. The van der Waals surface area contributed by atoms with E-state index >= 15 is 0 Å². The van der Waals surface area contributed by atoms with Crippen molar-refractivity contribution < 1.29 is 19.1 Å². The molecule has 1 saturated carbocycles. The molecule has 6 heteroatoms. The number of hydrogen-bond acceptors (Lipinski definition) is 4. The lowest BCUT2D eigenvalue weighted by Gasteiger charge is -2.02. The maximum Gasteiger partial charge on any atom is 0.339 e. The summed E-state index contributed by atoms with van der Waals surface area (Å²) in [5.41, 5.74) is 1.39. The van der Waals surface area contributed by atoms with Crippen LogP contribution < -0.4 is 5.32 Å². The Balaban J connectivity index is 1.57. The van der Waals surface area contributed by atoms with Crippen molar-refractivity contribution >= 4 is 23.2 Å². The van der Waals surface area contributed by atoms with Crippen LogP contribution in [0.2, 0.25) is 0 Å². The topological polar surface area (TPSA) is 79.5 Å². The van der Waals surface area contributed by atoms with Crippen LogP contribution in [-0.4, -0.2) is 17.0 Å². The number of rotatable bonds is 5.